The first-order chi connectivity index (χ1) is 13.0. The van der Waals surface area contributed by atoms with E-state index < -0.39 is 5.79 Å². The van der Waals surface area contributed by atoms with Gasteiger partial charge < -0.3 is 20.1 Å². The van der Waals surface area contributed by atoms with Gasteiger partial charge in [-0.25, -0.2) is 0 Å². The molecule has 5 nitrogen and oxygen atoms in total. The molecule has 0 aromatic heterocycles. The lowest BCUT2D eigenvalue weighted by Crippen LogP contribution is -2.34. The quantitative estimate of drug-likeness (QED) is 0.783. The van der Waals surface area contributed by atoms with Crippen LogP contribution in [0.3, 0.4) is 0 Å². The summed E-state index contributed by atoms with van der Waals surface area (Å²) in [6, 6.07) is 13.1. The summed E-state index contributed by atoms with van der Waals surface area (Å²) in [7, 11) is 0. The van der Waals surface area contributed by atoms with Gasteiger partial charge in [0, 0.05) is 35.7 Å². The predicted octanol–water partition coefficient (Wildman–Crippen LogP) is 4.67. The average molecular weight is 387 g/mol. The zero-order chi connectivity index (χ0) is 18.9. The third-order valence-corrected chi connectivity index (χ3v) is 5.47. The normalized spacial score (nSPS) is 17.9. The number of carbonyl (C=O) groups excluding carboxylic acids is 1. The molecule has 2 aliphatic rings. The minimum atomic E-state index is -0.489. The summed E-state index contributed by atoms with van der Waals surface area (Å²) in [5.74, 6) is 0.840. The lowest BCUT2D eigenvalue weighted by Gasteiger charge is -2.21. The lowest BCUT2D eigenvalue weighted by atomic mass is 10.1. The van der Waals surface area contributed by atoms with Crippen LogP contribution >= 0.6 is 11.6 Å². The van der Waals surface area contributed by atoms with Crippen LogP contribution in [-0.4, -0.2) is 18.2 Å². The van der Waals surface area contributed by atoms with Crippen molar-refractivity contribution in [2.45, 2.75) is 44.4 Å². The van der Waals surface area contributed by atoms with Gasteiger partial charge in [-0.15, -0.1) is 0 Å². The Bertz CT molecular complexity index is 849. The Balaban J connectivity index is 1.34. The van der Waals surface area contributed by atoms with Gasteiger partial charge in [0.15, 0.2) is 11.5 Å². The van der Waals surface area contributed by atoms with Crippen LogP contribution in [0.5, 0.6) is 11.5 Å². The summed E-state index contributed by atoms with van der Waals surface area (Å²) < 4.78 is 12.0. The van der Waals surface area contributed by atoms with E-state index in [1.54, 1.807) is 0 Å². The van der Waals surface area contributed by atoms with E-state index in [-0.39, 0.29) is 18.5 Å². The summed E-state index contributed by atoms with van der Waals surface area (Å²) in [4.78, 5) is 12.3. The summed E-state index contributed by atoms with van der Waals surface area (Å²) in [5.41, 5.74) is 1.67. The van der Waals surface area contributed by atoms with E-state index in [0.717, 1.165) is 37.0 Å². The van der Waals surface area contributed by atoms with E-state index in [1.165, 1.54) is 0 Å². The van der Waals surface area contributed by atoms with E-state index >= 15 is 0 Å². The third-order valence-electron chi connectivity index (χ3n) is 5.13. The number of hydrogen-bond acceptors (Lipinski definition) is 4. The Morgan fingerprint density at radius 3 is 2.67 bits per heavy atom. The summed E-state index contributed by atoms with van der Waals surface area (Å²) in [5, 5.41) is 6.79. The number of halogens is 1. The predicted molar refractivity (Wildman–Crippen MR) is 105 cm³/mol. The van der Waals surface area contributed by atoms with Gasteiger partial charge in [0.1, 0.15) is 0 Å². The van der Waals surface area contributed by atoms with Gasteiger partial charge in [0.2, 0.25) is 5.91 Å². The first-order valence-corrected chi connectivity index (χ1v) is 9.72. The second-order valence-electron chi connectivity index (χ2n) is 7.16. The second kappa shape index (κ2) is 7.41. The van der Waals surface area contributed by atoms with Gasteiger partial charge in [-0.3, -0.25) is 4.79 Å². The molecule has 2 aromatic carbocycles. The fraction of sp³-hybridized carbons (Fsp3) is 0.381. The van der Waals surface area contributed by atoms with Crippen LogP contribution in [0, 0.1) is 0 Å². The van der Waals surface area contributed by atoms with Gasteiger partial charge in [0.05, 0.1) is 6.54 Å². The highest BCUT2D eigenvalue weighted by Gasteiger charge is 2.44. The van der Waals surface area contributed by atoms with Crippen molar-refractivity contribution in [1.29, 1.82) is 0 Å². The van der Waals surface area contributed by atoms with Gasteiger partial charge in [0.25, 0.3) is 5.79 Å². The third kappa shape index (κ3) is 3.89. The fourth-order valence-corrected chi connectivity index (χ4v) is 3.98. The van der Waals surface area contributed by atoms with Crippen molar-refractivity contribution in [3.63, 3.8) is 0 Å². The van der Waals surface area contributed by atoms with Crippen molar-refractivity contribution in [2.24, 2.45) is 0 Å². The summed E-state index contributed by atoms with van der Waals surface area (Å²) in [6.45, 7) is 2.17. The first kappa shape index (κ1) is 18.1. The molecule has 142 valence electrons. The number of nitrogens with one attached hydrogen (secondary N) is 2. The van der Waals surface area contributed by atoms with Crippen LogP contribution in [0.1, 0.15) is 44.2 Å². The number of rotatable bonds is 5. The second-order valence-corrected chi connectivity index (χ2v) is 7.56. The average Bonchev–Trinajstić information content (AvgIpc) is 3.25. The molecule has 2 N–H and O–H groups in total. The Morgan fingerprint density at radius 1 is 1.15 bits per heavy atom. The molecule has 1 aliphatic heterocycles. The molecule has 1 saturated carbocycles. The molecule has 0 saturated heterocycles. The fourth-order valence-electron chi connectivity index (χ4n) is 3.68. The van der Waals surface area contributed by atoms with Gasteiger partial charge >= 0.3 is 0 Å². The standard InChI is InChI=1S/C21H23ClN2O3/c1-14(16-6-2-3-7-17(16)22)23-13-20(25)24-15-8-9-18-19(12-15)27-21(26-18)10-4-5-11-21/h2-3,6-9,12,14,23H,4-5,10-11,13H2,1H3,(H,24,25)/t14-/m1/s1. The molecule has 2 aromatic rings. The number of benzene rings is 2. The van der Waals surface area contributed by atoms with Crippen molar-refractivity contribution in [3.8, 4) is 11.5 Å². The Labute approximate surface area is 164 Å². The zero-order valence-corrected chi connectivity index (χ0v) is 16.0. The molecule has 0 unspecified atom stereocenters. The molecule has 1 atom stereocenters. The molecule has 4 rings (SSSR count). The van der Waals surface area contributed by atoms with Crippen LogP contribution in [0.2, 0.25) is 5.02 Å². The van der Waals surface area contributed by atoms with Crippen LogP contribution in [-0.2, 0) is 4.79 Å². The number of hydrogen-bond donors (Lipinski definition) is 2. The van der Waals surface area contributed by atoms with Crippen molar-refractivity contribution < 1.29 is 14.3 Å². The summed E-state index contributed by atoms with van der Waals surface area (Å²) in [6.07, 6.45) is 4.06. The van der Waals surface area contributed by atoms with Crippen LogP contribution in [0.15, 0.2) is 42.5 Å². The molecule has 1 aliphatic carbocycles. The minimum absolute atomic E-state index is 0.0246. The van der Waals surface area contributed by atoms with E-state index in [1.807, 2.05) is 49.4 Å². The van der Waals surface area contributed by atoms with Gasteiger partial charge in [-0.05, 0) is 43.5 Å². The SMILES string of the molecule is C[C@@H](NCC(=O)Nc1ccc2c(c1)OC1(CCCC1)O2)c1ccccc1Cl. The van der Waals surface area contributed by atoms with E-state index in [9.17, 15) is 4.79 Å². The van der Waals surface area contributed by atoms with Crippen LogP contribution < -0.4 is 20.1 Å². The number of anilines is 1. The maximum absolute atomic E-state index is 12.3. The molecule has 1 heterocycles. The number of carbonyl (C=O) groups is 1. The summed E-state index contributed by atoms with van der Waals surface area (Å²) >= 11 is 6.20. The van der Waals surface area contributed by atoms with E-state index in [0.29, 0.717) is 16.5 Å². The Kier molecular flexibility index (Phi) is 4.98. The maximum Gasteiger partial charge on any atom is 0.251 e. The van der Waals surface area contributed by atoms with Crippen molar-refractivity contribution in [1.82, 2.24) is 5.32 Å². The maximum atomic E-state index is 12.3. The molecule has 1 amide bonds. The Hall–Kier alpha value is -2.24. The smallest absolute Gasteiger partial charge is 0.251 e. The van der Waals surface area contributed by atoms with Crippen LogP contribution in [0.25, 0.3) is 0 Å². The van der Waals surface area contributed by atoms with Crippen LogP contribution in [0.4, 0.5) is 5.69 Å². The monoisotopic (exact) mass is 386 g/mol. The minimum Gasteiger partial charge on any atom is -0.448 e. The highest BCUT2D eigenvalue weighted by Crippen LogP contribution is 2.47. The zero-order valence-electron chi connectivity index (χ0n) is 15.3. The largest absolute Gasteiger partial charge is 0.448 e. The molecule has 1 spiro atoms. The van der Waals surface area contributed by atoms with Crippen molar-refractivity contribution in [3.05, 3.63) is 53.1 Å². The van der Waals surface area contributed by atoms with Gasteiger partial charge in [-0.2, -0.15) is 0 Å². The molecular weight excluding hydrogens is 364 g/mol. The highest BCUT2D eigenvalue weighted by atomic mass is 35.5. The molecule has 6 heteroatoms. The Morgan fingerprint density at radius 2 is 1.89 bits per heavy atom. The number of ether oxygens (including phenoxy) is 2. The molecular formula is C21H23ClN2O3. The topological polar surface area (TPSA) is 59.6 Å². The highest BCUT2D eigenvalue weighted by molar-refractivity contribution is 6.31. The van der Waals surface area contributed by atoms with Crippen molar-refractivity contribution >= 4 is 23.2 Å². The van der Waals surface area contributed by atoms with Gasteiger partial charge in [-0.1, -0.05) is 29.8 Å². The number of amides is 1. The van der Waals surface area contributed by atoms with Crippen molar-refractivity contribution in [2.75, 3.05) is 11.9 Å². The molecule has 27 heavy (non-hydrogen) atoms. The molecule has 0 radical (unpaired) electrons. The van der Waals surface area contributed by atoms with E-state index in [2.05, 4.69) is 10.6 Å². The molecule has 1 fully saturated rings. The number of fused-ring (bicyclic) bond motifs is 1. The lowest BCUT2D eigenvalue weighted by molar-refractivity contribution is -0.115. The molecule has 0 bridgehead atoms. The first-order valence-electron chi connectivity index (χ1n) is 9.34. The van der Waals surface area contributed by atoms with E-state index in [4.69, 9.17) is 21.1 Å².